The predicted octanol–water partition coefficient (Wildman–Crippen LogP) is 5.07. The molecule has 0 amide bonds. The van der Waals surface area contributed by atoms with Crippen LogP contribution < -0.4 is 9.80 Å². The minimum atomic E-state index is 0.799. The summed E-state index contributed by atoms with van der Waals surface area (Å²) >= 11 is 0. The number of hydrogen-bond acceptors (Lipinski definition) is 4. The van der Waals surface area contributed by atoms with Gasteiger partial charge in [-0.3, -0.25) is 9.98 Å². The van der Waals surface area contributed by atoms with Crippen LogP contribution >= 0.6 is 0 Å². The summed E-state index contributed by atoms with van der Waals surface area (Å²) < 4.78 is 2.59. The summed E-state index contributed by atoms with van der Waals surface area (Å²) in [6.07, 6.45) is 10.9. The lowest BCUT2D eigenvalue weighted by Crippen LogP contribution is -2.18. The van der Waals surface area contributed by atoms with Gasteiger partial charge in [-0.15, -0.1) is 0 Å². The molecule has 1 saturated carbocycles. The predicted molar refractivity (Wildman–Crippen MR) is 127 cm³/mol. The Bertz CT molecular complexity index is 1060. The van der Waals surface area contributed by atoms with E-state index >= 15 is 0 Å². The smallest absolute Gasteiger partial charge is 0.0895 e. The fourth-order valence-electron chi connectivity index (χ4n) is 5.41. The lowest BCUT2D eigenvalue weighted by atomic mass is 9.89. The Morgan fingerprint density at radius 2 is 1.30 bits per heavy atom. The Morgan fingerprint density at radius 3 is 1.80 bits per heavy atom. The van der Waals surface area contributed by atoms with Gasteiger partial charge >= 0.3 is 0 Å². The highest BCUT2D eigenvalue weighted by atomic mass is 15.2. The van der Waals surface area contributed by atoms with E-state index in [2.05, 4.69) is 60.7 Å². The van der Waals surface area contributed by atoms with Crippen LogP contribution in [0.2, 0.25) is 0 Å². The molecule has 6 rings (SSSR count). The van der Waals surface area contributed by atoms with Crippen LogP contribution in [-0.4, -0.2) is 43.4 Å². The Hall–Kier alpha value is -2.82. The average molecular weight is 400 g/mol. The molecular formula is C25H29N5. The first-order valence-corrected chi connectivity index (χ1v) is 11.5. The van der Waals surface area contributed by atoms with Crippen molar-refractivity contribution in [1.29, 1.82) is 0 Å². The van der Waals surface area contributed by atoms with Gasteiger partial charge < -0.3 is 14.4 Å². The van der Waals surface area contributed by atoms with E-state index in [1.165, 1.54) is 65.3 Å². The third-order valence-electron chi connectivity index (χ3n) is 7.04. The SMILES string of the molecule is C1=NCCN1c1ccc2c(c1)c1cc(N3C=NCC3)ccc1n2CC1CCCCC1. The molecule has 3 aromatic rings. The molecule has 154 valence electrons. The van der Waals surface area contributed by atoms with Crippen LogP contribution in [0, 0.1) is 5.92 Å². The first-order valence-electron chi connectivity index (χ1n) is 11.5. The molecule has 2 aliphatic heterocycles. The van der Waals surface area contributed by atoms with Crippen molar-refractivity contribution in [2.45, 2.75) is 38.6 Å². The second-order valence-corrected chi connectivity index (χ2v) is 8.95. The van der Waals surface area contributed by atoms with Crippen molar-refractivity contribution in [1.82, 2.24) is 4.57 Å². The van der Waals surface area contributed by atoms with E-state index in [-0.39, 0.29) is 0 Å². The second kappa shape index (κ2) is 7.46. The van der Waals surface area contributed by atoms with Gasteiger partial charge in [-0.25, -0.2) is 0 Å². The van der Waals surface area contributed by atoms with E-state index in [9.17, 15) is 0 Å². The normalized spacial score (nSPS) is 19.7. The molecule has 0 bridgehead atoms. The zero-order chi connectivity index (χ0) is 19.9. The van der Waals surface area contributed by atoms with Crippen molar-refractivity contribution in [3.63, 3.8) is 0 Å². The van der Waals surface area contributed by atoms with Crippen molar-refractivity contribution in [2.24, 2.45) is 15.9 Å². The summed E-state index contributed by atoms with van der Waals surface area (Å²) in [7, 11) is 0. The minimum absolute atomic E-state index is 0.799. The van der Waals surface area contributed by atoms with Crippen molar-refractivity contribution >= 4 is 45.9 Å². The number of aliphatic imine (C=N–C) groups is 2. The Labute approximate surface area is 177 Å². The Kier molecular flexibility index (Phi) is 4.47. The molecule has 0 radical (unpaired) electrons. The van der Waals surface area contributed by atoms with Gasteiger partial charge in [0.15, 0.2) is 0 Å². The number of benzene rings is 2. The fraction of sp³-hybridized carbons (Fsp3) is 0.440. The van der Waals surface area contributed by atoms with E-state index in [0.29, 0.717) is 0 Å². The summed E-state index contributed by atoms with van der Waals surface area (Å²) in [4.78, 5) is 13.3. The van der Waals surface area contributed by atoms with E-state index in [0.717, 1.165) is 38.6 Å². The van der Waals surface area contributed by atoms with Crippen molar-refractivity contribution in [3.8, 4) is 0 Å². The van der Waals surface area contributed by atoms with Crippen molar-refractivity contribution < 1.29 is 0 Å². The van der Waals surface area contributed by atoms with E-state index in [4.69, 9.17) is 0 Å². The van der Waals surface area contributed by atoms with E-state index in [1.807, 2.05) is 12.7 Å². The molecule has 0 N–H and O–H groups in total. The van der Waals surface area contributed by atoms with Gasteiger partial charge in [0, 0.05) is 52.8 Å². The first kappa shape index (κ1) is 18.0. The quantitative estimate of drug-likeness (QED) is 0.614. The summed E-state index contributed by atoms with van der Waals surface area (Å²) in [6.45, 7) is 4.86. The standard InChI is InChI=1S/C25H29N5/c1-2-4-19(5-3-1)16-30-24-8-6-20(28-12-10-26-17-28)14-22(24)23-15-21(7-9-25(23)30)29-13-11-27-18-29/h6-9,14-15,17-19H,1-5,10-13,16H2. The molecule has 1 aromatic heterocycles. The maximum Gasteiger partial charge on any atom is 0.0895 e. The van der Waals surface area contributed by atoms with Crippen LogP contribution in [0.4, 0.5) is 11.4 Å². The monoisotopic (exact) mass is 399 g/mol. The lowest BCUT2D eigenvalue weighted by molar-refractivity contribution is 0.325. The van der Waals surface area contributed by atoms with Crippen LogP contribution in [0.1, 0.15) is 32.1 Å². The van der Waals surface area contributed by atoms with Crippen LogP contribution in [-0.2, 0) is 6.54 Å². The van der Waals surface area contributed by atoms with Crippen LogP contribution in [0.3, 0.4) is 0 Å². The number of hydrogen-bond donors (Lipinski definition) is 0. The summed E-state index contributed by atoms with van der Waals surface area (Å²) in [5, 5.41) is 2.72. The van der Waals surface area contributed by atoms with Crippen molar-refractivity contribution in [2.75, 3.05) is 36.0 Å². The van der Waals surface area contributed by atoms with Gasteiger partial charge in [0.2, 0.25) is 0 Å². The first-order chi connectivity index (χ1) is 14.9. The third-order valence-corrected chi connectivity index (χ3v) is 7.04. The molecule has 0 atom stereocenters. The number of rotatable bonds is 4. The zero-order valence-corrected chi connectivity index (χ0v) is 17.5. The Morgan fingerprint density at radius 1 is 0.733 bits per heavy atom. The number of anilines is 2. The molecular weight excluding hydrogens is 370 g/mol. The molecule has 5 nitrogen and oxygen atoms in total. The van der Waals surface area contributed by atoms with Crippen LogP contribution in [0.5, 0.6) is 0 Å². The minimum Gasteiger partial charge on any atom is -0.340 e. The molecule has 2 aromatic carbocycles. The highest BCUT2D eigenvalue weighted by Gasteiger charge is 2.20. The molecule has 1 aliphatic carbocycles. The van der Waals surface area contributed by atoms with Gasteiger partial charge in [-0.1, -0.05) is 19.3 Å². The summed E-state index contributed by atoms with van der Waals surface area (Å²) in [5.41, 5.74) is 5.22. The number of fused-ring (bicyclic) bond motifs is 3. The molecule has 0 saturated heterocycles. The molecule has 5 heteroatoms. The van der Waals surface area contributed by atoms with E-state index < -0.39 is 0 Å². The largest absolute Gasteiger partial charge is 0.340 e. The van der Waals surface area contributed by atoms with Gasteiger partial charge in [0.05, 0.1) is 25.8 Å². The molecule has 30 heavy (non-hydrogen) atoms. The highest BCUT2D eigenvalue weighted by Crippen LogP contribution is 2.36. The number of aromatic nitrogens is 1. The van der Waals surface area contributed by atoms with Gasteiger partial charge in [-0.2, -0.15) is 0 Å². The molecule has 0 spiro atoms. The second-order valence-electron chi connectivity index (χ2n) is 8.95. The Balaban J connectivity index is 1.49. The van der Waals surface area contributed by atoms with Gasteiger partial charge in [-0.05, 0) is 55.2 Å². The van der Waals surface area contributed by atoms with Gasteiger partial charge in [0.1, 0.15) is 0 Å². The van der Waals surface area contributed by atoms with Crippen LogP contribution in [0.15, 0.2) is 46.4 Å². The fourth-order valence-corrected chi connectivity index (χ4v) is 5.41. The maximum atomic E-state index is 4.41. The molecule has 3 aliphatic rings. The summed E-state index contributed by atoms with van der Waals surface area (Å²) in [6, 6.07) is 13.9. The van der Waals surface area contributed by atoms with Crippen LogP contribution in [0.25, 0.3) is 21.8 Å². The summed E-state index contributed by atoms with van der Waals surface area (Å²) in [5.74, 6) is 0.799. The van der Waals surface area contributed by atoms with E-state index in [1.54, 1.807) is 0 Å². The topological polar surface area (TPSA) is 36.1 Å². The molecule has 3 heterocycles. The van der Waals surface area contributed by atoms with Gasteiger partial charge in [0.25, 0.3) is 0 Å². The molecule has 0 unspecified atom stereocenters. The third kappa shape index (κ3) is 3.08. The lowest BCUT2D eigenvalue weighted by Gasteiger charge is -2.23. The highest BCUT2D eigenvalue weighted by molar-refractivity contribution is 6.11. The average Bonchev–Trinajstić information content (AvgIpc) is 3.56. The van der Waals surface area contributed by atoms with Crippen molar-refractivity contribution in [3.05, 3.63) is 36.4 Å². The zero-order valence-electron chi connectivity index (χ0n) is 17.5. The number of nitrogens with zero attached hydrogens (tertiary/aromatic N) is 5. The molecule has 1 fully saturated rings. The maximum absolute atomic E-state index is 4.41.